The molecule has 0 atom stereocenters. The van der Waals surface area contributed by atoms with Crippen molar-refractivity contribution in [3.05, 3.63) is 35.1 Å². The Labute approximate surface area is 150 Å². The van der Waals surface area contributed by atoms with Gasteiger partial charge in [-0.3, -0.25) is 9.69 Å². The molecule has 1 aliphatic rings. The van der Waals surface area contributed by atoms with Crippen LogP contribution in [-0.4, -0.2) is 52.9 Å². The molecule has 0 saturated carbocycles. The van der Waals surface area contributed by atoms with Gasteiger partial charge in [0.1, 0.15) is 5.82 Å². The van der Waals surface area contributed by atoms with Gasteiger partial charge in [-0.15, -0.1) is 0 Å². The molecule has 8 heteroatoms. The predicted molar refractivity (Wildman–Crippen MR) is 98.0 cm³/mol. The number of hydrogen-bond donors (Lipinski definition) is 1. The predicted octanol–water partition coefficient (Wildman–Crippen LogP) is 2.51. The van der Waals surface area contributed by atoms with Crippen LogP contribution in [0, 0.1) is 0 Å². The third-order valence-electron chi connectivity index (χ3n) is 3.91. The first-order chi connectivity index (χ1) is 11.6. The molecular formula is C16H20ClN5OS. The summed E-state index contributed by atoms with van der Waals surface area (Å²) in [5, 5.41) is 4.54. The zero-order valence-corrected chi connectivity index (χ0v) is 15.1. The van der Waals surface area contributed by atoms with Crippen LogP contribution in [0.1, 0.15) is 12.7 Å². The highest BCUT2D eigenvalue weighted by Gasteiger charge is 2.21. The average molecular weight is 366 g/mol. The van der Waals surface area contributed by atoms with Gasteiger partial charge >= 0.3 is 0 Å². The Morgan fingerprint density at radius 3 is 2.58 bits per heavy atom. The Hall–Kier alpha value is -1.70. The zero-order valence-electron chi connectivity index (χ0n) is 13.5. The third-order valence-corrected chi connectivity index (χ3v) is 4.98. The molecule has 3 rings (SSSR count). The van der Waals surface area contributed by atoms with E-state index in [9.17, 15) is 4.79 Å². The Kier molecular flexibility index (Phi) is 5.65. The summed E-state index contributed by atoms with van der Waals surface area (Å²) in [6, 6.07) is 7.14. The van der Waals surface area contributed by atoms with Gasteiger partial charge in [-0.05, 0) is 24.3 Å². The number of aryl methyl sites for hydroxylation is 1. The summed E-state index contributed by atoms with van der Waals surface area (Å²) < 4.78 is 4.33. The normalized spacial score (nSPS) is 15.5. The quantitative estimate of drug-likeness (QED) is 0.882. The summed E-state index contributed by atoms with van der Waals surface area (Å²) in [5.74, 6) is 0.898. The summed E-state index contributed by atoms with van der Waals surface area (Å²) in [4.78, 5) is 21.1. The summed E-state index contributed by atoms with van der Waals surface area (Å²) in [6.07, 6.45) is 0.862. The van der Waals surface area contributed by atoms with E-state index in [0.29, 0.717) is 11.6 Å². The number of hydrogen-bond acceptors (Lipinski definition) is 6. The second-order valence-corrected chi connectivity index (χ2v) is 6.83. The minimum Gasteiger partial charge on any atom is -0.344 e. The van der Waals surface area contributed by atoms with E-state index in [-0.39, 0.29) is 5.91 Å². The number of carbonyl (C=O) groups excluding carboxylic acids is 1. The molecule has 1 aliphatic heterocycles. The van der Waals surface area contributed by atoms with E-state index in [0.717, 1.165) is 49.2 Å². The molecule has 1 fully saturated rings. The molecule has 1 amide bonds. The molecule has 128 valence electrons. The third kappa shape index (κ3) is 4.43. The number of anilines is 2. The second kappa shape index (κ2) is 7.92. The van der Waals surface area contributed by atoms with Gasteiger partial charge in [-0.2, -0.15) is 4.37 Å². The van der Waals surface area contributed by atoms with E-state index in [1.165, 1.54) is 11.5 Å². The minimum absolute atomic E-state index is 0.00467. The summed E-state index contributed by atoms with van der Waals surface area (Å²) in [5.41, 5.74) is 0.768. The number of rotatable bonds is 5. The topological polar surface area (TPSA) is 61.4 Å². The smallest absolute Gasteiger partial charge is 0.238 e. The molecule has 2 heterocycles. The van der Waals surface area contributed by atoms with Crippen molar-refractivity contribution in [2.75, 3.05) is 42.9 Å². The number of halogens is 1. The van der Waals surface area contributed by atoms with Crippen molar-refractivity contribution in [1.29, 1.82) is 0 Å². The van der Waals surface area contributed by atoms with Crippen molar-refractivity contribution in [2.24, 2.45) is 0 Å². The van der Waals surface area contributed by atoms with Crippen LogP contribution in [0.2, 0.25) is 5.02 Å². The average Bonchev–Trinajstić information content (AvgIpc) is 3.07. The lowest BCUT2D eigenvalue weighted by Crippen LogP contribution is -2.48. The van der Waals surface area contributed by atoms with E-state index >= 15 is 0 Å². The number of carbonyl (C=O) groups is 1. The van der Waals surface area contributed by atoms with Crippen LogP contribution in [0.3, 0.4) is 0 Å². The lowest BCUT2D eigenvalue weighted by molar-refractivity contribution is -0.117. The fourth-order valence-corrected chi connectivity index (χ4v) is 3.48. The Balaban J connectivity index is 1.46. The molecule has 0 unspecified atom stereocenters. The standard InChI is InChI=1S/C16H20ClN5OS/c1-2-14-19-16(24-20-14)22-9-7-21(8-10-22)11-15(23)18-13-5-3-12(17)4-6-13/h3-6H,2,7-11H2,1H3,(H,18,23). The van der Waals surface area contributed by atoms with Crippen LogP contribution < -0.4 is 10.2 Å². The van der Waals surface area contributed by atoms with E-state index < -0.39 is 0 Å². The number of nitrogens with one attached hydrogen (secondary N) is 1. The van der Waals surface area contributed by atoms with Crippen molar-refractivity contribution in [3.8, 4) is 0 Å². The van der Waals surface area contributed by atoms with Gasteiger partial charge in [0.05, 0.1) is 6.54 Å². The van der Waals surface area contributed by atoms with Gasteiger partial charge in [-0.25, -0.2) is 4.98 Å². The van der Waals surface area contributed by atoms with Crippen LogP contribution in [0.4, 0.5) is 10.8 Å². The van der Waals surface area contributed by atoms with Crippen molar-refractivity contribution >= 4 is 39.9 Å². The Bertz CT molecular complexity index is 682. The fourth-order valence-electron chi connectivity index (χ4n) is 2.55. The molecule has 6 nitrogen and oxygen atoms in total. The van der Waals surface area contributed by atoms with Gasteiger partial charge in [-0.1, -0.05) is 18.5 Å². The van der Waals surface area contributed by atoms with E-state index in [1.807, 2.05) is 0 Å². The fraction of sp³-hybridized carbons (Fsp3) is 0.438. The molecule has 0 aliphatic carbocycles. The lowest BCUT2D eigenvalue weighted by Gasteiger charge is -2.33. The van der Waals surface area contributed by atoms with Gasteiger partial charge in [0.2, 0.25) is 11.0 Å². The van der Waals surface area contributed by atoms with Crippen molar-refractivity contribution < 1.29 is 4.79 Å². The van der Waals surface area contributed by atoms with E-state index in [4.69, 9.17) is 11.6 Å². The molecule has 1 saturated heterocycles. The van der Waals surface area contributed by atoms with E-state index in [2.05, 4.69) is 31.4 Å². The highest BCUT2D eigenvalue weighted by atomic mass is 35.5. The molecule has 0 bridgehead atoms. The van der Waals surface area contributed by atoms with Crippen molar-refractivity contribution in [1.82, 2.24) is 14.3 Å². The minimum atomic E-state index is -0.00467. The largest absolute Gasteiger partial charge is 0.344 e. The number of nitrogens with zero attached hydrogens (tertiary/aromatic N) is 4. The first-order valence-electron chi connectivity index (χ1n) is 7.99. The van der Waals surface area contributed by atoms with Gasteiger partial charge in [0.15, 0.2) is 0 Å². The highest BCUT2D eigenvalue weighted by Crippen LogP contribution is 2.19. The second-order valence-electron chi connectivity index (χ2n) is 5.66. The Morgan fingerprint density at radius 1 is 1.25 bits per heavy atom. The number of benzene rings is 1. The first kappa shape index (κ1) is 17.1. The summed E-state index contributed by atoms with van der Waals surface area (Å²) in [7, 11) is 0. The molecule has 24 heavy (non-hydrogen) atoms. The molecule has 1 aromatic carbocycles. The number of piperazine rings is 1. The van der Waals surface area contributed by atoms with Crippen LogP contribution in [-0.2, 0) is 11.2 Å². The first-order valence-corrected chi connectivity index (χ1v) is 9.14. The van der Waals surface area contributed by atoms with Crippen LogP contribution in [0.5, 0.6) is 0 Å². The maximum absolute atomic E-state index is 12.1. The van der Waals surface area contributed by atoms with Gasteiger partial charge < -0.3 is 10.2 Å². The Morgan fingerprint density at radius 2 is 1.96 bits per heavy atom. The van der Waals surface area contributed by atoms with Gasteiger partial charge in [0.25, 0.3) is 0 Å². The maximum Gasteiger partial charge on any atom is 0.238 e. The van der Waals surface area contributed by atoms with Crippen LogP contribution in [0.15, 0.2) is 24.3 Å². The zero-order chi connectivity index (χ0) is 16.9. The van der Waals surface area contributed by atoms with Gasteiger partial charge in [0, 0.05) is 54.8 Å². The molecule has 2 aromatic rings. The SMILES string of the molecule is CCc1nsc(N2CCN(CC(=O)Nc3ccc(Cl)cc3)CC2)n1. The molecule has 0 spiro atoms. The summed E-state index contributed by atoms with van der Waals surface area (Å²) >= 11 is 7.30. The van der Waals surface area contributed by atoms with Crippen molar-refractivity contribution in [3.63, 3.8) is 0 Å². The van der Waals surface area contributed by atoms with E-state index in [1.54, 1.807) is 24.3 Å². The lowest BCUT2D eigenvalue weighted by atomic mass is 10.3. The number of aromatic nitrogens is 2. The number of amides is 1. The molecule has 1 N–H and O–H groups in total. The van der Waals surface area contributed by atoms with Crippen LogP contribution >= 0.6 is 23.1 Å². The molecule has 1 aromatic heterocycles. The monoisotopic (exact) mass is 365 g/mol. The molecular weight excluding hydrogens is 346 g/mol. The van der Waals surface area contributed by atoms with Crippen molar-refractivity contribution in [2.45, 2.75) is 13.3 Å². The maximum atomic E-state index is 12.1. The summed E-state index contributed by atoms with van der Waals surface area (Å²) in [6.45, 7) is 5.87. The van der Waals surface area contributed by atoms with Crippen LogP contribution in [0.25, 0.3) is 0 Å². The molecule has 0 radical (unpaired) electrons. The highest BCUT2D eigenvalue weighted by molar-refractivity contribution is 7.09.